The average Bonchev–Trinajstić information content (AvgIpc) is 2.42. The minimum absolute atomic E-state index is 0.179. The molecule has 19 heavy (non-hydrogen) atoms. The zero-order chi connectivity index (χ0) is 14.3. The van der Waals surface area contributed by atoms with E-state index in [2.05, 4.69) is 13.0 Å². The first-order valence-corrected chi connectivity index (χ1v) is 7.83. The van der Waals surface area contributed by atoms with Gasteiger partial charge in [0.15, 0.2) is 0 Å². The number of nitriles is 1. The highest BCUT2D eigenvalue weighted by atomic mass is 16.2. The molecule has 110 valence electrons. The van der Waals surface area contributed by atoms with Crippen LogP contribution < -0.4 is 0 Å². The Kier molecular flexibility index (Phi) is 12.7. The Morgan fingerprint density at radius 2 is 1.53 bits per heavy atom. The van der Waals surface area contributed by atoms with E-state index in [1.165, 1.54) is 44.9 Å². The van der Waals surface area contributed by atoms with Crippen molar-refractivity contribution >= 4 is 5.91 Å². The second-order valence-corrected chi connectivity index (χ2v) is 5.30. The summed E-state index contributed by atoms with van der Waals surface area (Å²) >= 11 is 0. The highest BCUT2D eigenvalue weighted by Crippen LogP contribution is 2.11. The quantitative estimate of drug-likeness (QED) is 0.495. The highest BCUT2D eigenvalue weighted by molar-refractivity contribution is 5.75. The van der Waals surface area contributed by atoms with Gasteiger partial charge in [-0.2, -0.15) is 5.26 Å². The molecule has 3 nitrogen and oxygen atoms in total. The predicted molar refractivity (Wildman–Crippen MR) is 79.7 cm³/mol. The van der Waals surface area contributed by atoms with Crippen LogP contribution in [0, 0.1) is 11.3 Å². The van der Waals surface area contributed by atoms with Crippen LogP contribution in [0.5, 0.6) is 0 Å². The van der Waals surface area contributed by atoms with Crippen LogP contribution in [0.25, 0.3) is 0 Å². The second kappa shape index (κ2) is 13.4. The van der Waals surface area contributed by atoms with E-state index in [1.54, 1.807) is 11.9 Å². The van der Waals surface area contributed by atoms with Gasteiger partial charge in [0.05, 0.1) is 12.5 Å². The molecule has 0 heterocycles. The molecule has 0 fully saturated rings. The second-order valence-electron chi connectivity index (χ2n) is 5.30. The van der Waals surface area contributed by atoms with E-state index >= 15 is 0 Å². The zero-order valence-electron chi connectivity index (χ0n) is 12.8. The van der Waals surface area contributed by atoms with Crippen molar-refractivity contribution in [2.75, 3.05) is 13.6 Å². The molecule has 0 saturated heterocycles. The van der Waals surface area contributed by atoms with Gasteiger partial charge < -0.3 is 4.90 Å². The van der Waals surface area contributed by atoms with E-state index in [0.717, 1.165) is 12.8 Å². The highest BCUT2D eigenvalue weighted by Gasteiger charge is 2.07. The molecular formula is C16H30N2O. The lowest BCUT2D eigenvalue weighted by molar-refractivity contribution is -0.129. The monoisotopic (exact) mass is 266 g/mol. The number of carbonyl (C=O) groups excluding carboxylic acids is 1. The SMILES string of the molecule is CCCCCCCCCCCC(=O)N(C)CCC#N. The molecule has 3 heteroatoms. The summed E-state index contributed by atoms with van der Waals surface area (Å²) in [5, 5.41) is 8.46. The average molecular weight is 266 g/mol. The Morgan fingerprint density at radius 3 is 2.05 bits per heavy atom. The molecule has 0 atom stereocenters. The van der Waals surface area contributed by atoms with Gasteiger partial charge >= 0.3 is 0 Å². The first kappa shape index (κ1) is 18.0. The number of carbonyl (C=O) groups is 1. The van der Waals surface area contributed by atoms with E-state index in [4.69, 9.17) is 5.26 Å². The van der Waals surface area contributed by atoms with E-state index in [9.17, 15) is 4.79 Å². The van der Waals surface area contributed by atoms with Gasteiger partial charge in [-0.15, -0.1) is 0 Å². The molecule has 0 aliphatic rings. The molecule has 1 amide bonds. The van der Waals surface area contributed by atoms with Crippen molar-refractivity contribution < 1.29 is 4.79 Å². The standard InChI is InChI=1S/C16H30N2O/c1-3-4-5-6-7-8-9-10-11-13-16(19)18(2)15-12-14-17/h3-13,15H2,1-2H3. The fourth-order valence-corrected chi connectivity index (χ4v) is 2.12. The van der Waals surface area contributed by atoms with Crippen LogP contribution in [0.1, 0.15) is 77.6 Å². The molecule has 0 aromatic carbocycles. The summed E-state index contributed by atoms with van der Waals surface area (Å²) < 4.78 is 0. The van der Waals surface area contributed by atoms with Gasteiger partial charge in [-0.05, 0) is 6.42 Å². The third kappa shape index (κ3) is 11.8. The molecule has 0 spiro atoms. The molecule has 0 unspecified atom stereocenters. The fraction of sp³-hybridized carbons (Fsp3) is 0.875. The maximum atomic E-state index is 11.7. The molecule has 0 aliphatic heterocycles. The van der Waals surface area contributed by atoms with Crippen LogP contribution >= 0.6 is 0 Å². The summed E-state index contributed by atoms with van der Waals surface area (Å²) in [6.45, 7) is 2.80. The molecule has 0 aromatic heterocycles. The topological polar surface area (TPSA) is 44.1 Å². The normalized spacial score (nSPS) is 10.2. The Balaban J connectivity index is 3.29. The molecule has 0 saturated carbocycles. The van der Waals surface area contributed by atoms with Gasteiger partial charge in [-0.25, -0.2) is 0 Å². The lowest BCUT2D eigenvalue weighted by Gasteiger charge is -2.15. The summed E-state index contributed by atoms with van der Waals surface area (Å²) in [4.78, 5) is 13.3. The molecule has 0 radical (unpaired) electrons. The van der Waals surface area contributed by atoms with Crippen LogP contribution in [0.15, 0.2) is 0 Å². The van der Waals surface area contributed by atoms with Crippen molar-refractivity contribution in [2.24, 2.45) is 0 Å². The number of rotatable bonds is 12. The Bertz CT molecular complexity index is 258. The number of hydrogen-bond donors (Lipinski definition) is 0. The predicted octanol–water partition coefficient (Wildman–Crippen LogP) is 4.28. The van der Waals surface area contributed by atoms with Gasteiger partial charge in [-0.1, -0.05) is 58.3 Å². The molecule has 0 aliphatic carbocycles. The van der Waals surface area contributed by atoms with E-state index in [1.807, 2.05) is 0 Å². The van der Waals surface area contributed by atoms with Crippen LogP contribution in [-0.4, -0.2) is 24.4 Å². The van der Waals surface area contributed by atoms with E-state index in [0.29, 0.717) is 19.4 Å². The lowest BCUT2D eigenvalue weighted by Crippen LogP contribution is -2.27. The summed E-state index contributed by atoms with van der Waals surface area (Å²) in [7, 11) is 1.79. The summed E-state index contributed by atoms with van der Waals surface area (Å²) in [6, 6.07) is 2.06. The third-order valence-corrected chi connectivity index (χ3v) is 3.48. The number of unbranched alkanes of at least 4 members (excludes halogenated alkanes) is 8. The van der Waals surface area contributed by atoms with Gasteiger partial charge in [0, 0.05) is 20.0 Å². The van der Waals surface area contributed by atoms with Crippen molar-refractivity contribution in [2.45, 2.75) is 77.6 Å². The van der Waals surface area contributed by atoms with E-state index in [-0.39, 0.29) is 5.91 Å². The largest absolute Gasteiger partial charge is 0.345 e. The van der Waals surface area contributed by atoms with Crippen LogP contribution in [-0.2, 0) is 4.79 Å². The van der Waals surface area contributed by atoms with Crippen LogP contribution in [0.4, 0.5) is 0 Å². The fourth-order valence-electron chi connectivity index (χ4n) is 2.12. The molecule has 0 rings (SSSR count). The Morgan fingerprint density at radius 1 is 1.00 bits per heavy atom. The minimum Gasteiger partial charge on any atom is -0.345 e. The Hall–Kier alpha value is -1.04. The summed E-state index contributed by atoms with van der Waals surface area (Å²) in [6.07, 6.45) is 12.5. The van der Waals surface area contributed by atoms with Crippen LogP contribution in [0.3, 0.4) is 0 Å². The number of nitrogens with zero attached hydrogens (tertiary/aromatic N) is 2. The third-order valence-electron chi connectivity index (χ3n) is 3.48. The minimum atomic E-state index is 0.179. The maximum absolute atomic E-state index is 11.7. The first-order chi connectivity index (χ1) is 9.22. The zero-order valence-corrected chi connectivity index (χ0v) is 12.8. The number of hydrogen-bond acceptors (Lipinski definition) is 2. The van der Waals surface area contributed by atoms with Gasteiger partial charge in [0.1, 0.15) is 0 Å². The van der Waals surface area contributed by atoms with Crippen LogP contribution in [0.2, 0.25) is 0 Å². The Labute approximate surface area is 119 Å². The first-order valence-electron chi connectivity index (χ1n) is 7.83. The summed E-state index contributed by atoms with van der Waals surface area (Å²) in [5.41, 5.74) is 0. The van der Waals surface area contributed by atoms with Crippen molar-refractivity contribution in [3.05, 3.63) is 0 Å². The smallest absolute Gasteiger partial charge is 0.222 e. The van der Waals surface area contributed by atoms with Gasteiger partial charge in [0.2, 0.25) is 5.91 Å². The van der Waals surface area contributed by atoms with Gasteiger partial charge in [0.25, 0.3) is 0 Å². The van der Waals surface area contributed by atoms with Crippen molar-refractivity contribution in [1.82, 2.24) is 4.90 Å². The summed E-state index contributed by atoms with van der Waals surface area (Å²) in [5.74, 6) is 0.179. The van der Waals surface area contributed by atoms with E-state index < -0.39 is 0 Å². The molecule has 0 N–H and O–H groups in total. The maximum Gasteiger partial charge on any atom is 0.222 e. The molecule has 0 bridgehead atoms. The van der Waals surface area contributed by atoms with Crippen molar-refractivity contribution in [3.63, 3.8) is 0 Å². The van der Waals surface area contributed by atoms with Crippen molar-refractivity contribution in [1.29, 1.82) is 5.26 Å². The molecular weight excluding hydrogens is 236 g/mol. The number of amides is 1. The molecule has 0 aromatic rings. The lowest BCUT2D eigenvalue weighted by atomic mass is 10.1. The van der Waals surface area contributed by atoms with Gasteiger partial charge in [-0.3, -0.25) is 4.79 Å². The van der Waals surface area contributed by atoms with Crippen molar-refractivity contribution in [3.8, 4) is 6.07 Å².